The quantitative estimate of drug-likeness (QED) is 0.521. The normalized spacial score (nSPS) is 19.1. The molecule has 4 rings (SSSR count). The van der Waals surface area contributed by atoms with Crippen LogP contribution >= 0.6 is 35.6 Å². The first-order chi connectivity index (χ1) is 12.9. The van der Waals surface area contributed by atoms with E-state index in [-0.39, 0.29) is 10.5 Å². The Hall–Kier alpha value is -2.48. The van der Waals surface area contributed by atoms with E-state index >= 15 is 0 Å². The lowest BCUT2D eigenvalue weighted by Gasteiger charge is -2.14. The number of carbonyl (C=O) groups is 3. The molecule has 2 heterocycles. The number of imide groups is 1. The van der Waals surface area contributed by atoms with Gasteiger partial charge in [-0.3, -0.25) is 19.3 Å². The lowest BCUT2D eigenvalue weighted by Crippen LogP contribution is -2.32. The molecule has 0 bridgehead atoms. The van der Waals surface area contributed by atoms with E-state index in [9.17, 15) is 14.4 Å². The van der Waals surface area contributed by atoms with Gasteiger partial charge in [0.2, 0.25) is 5.91 Å². The van der Waals surface area contributed by atoms with E-state index in [2.05, 4.69) is 0 Å². The van der Waals surface area contributed by atoms with Crippen molar-refractivity contribution >= 4 is 74.6 Å². The fourth-order valence-corrected chi connectivity index (χ4v) is 4.66. The third-order valence-corrected chi connectivity index (χ3v) is 5.82. The second kappa shape index (κ2) is 6.60. The summed E-state index contributed by atoms with van der Waals surface area (Å²) in [5.41, 5.74) is 1.74. The molecule has 2 aromatic rings. The molecule has 0 aromatic heterocycles. The van der Waals surface area contributed by atoms with Gasteiger partial charge in [-0.15, -0.1) is 0 Å². The summed E-state index contributed by atoms with van der Waals surface area (Å²) in [5, 5.41) is 0.472. The molecule has 8 heteroatoms. The molecule has 1 saturated heterocycles. The highest BCUT2D eigenvalue weighted by Crippen LogP contribution is 2.45. The first kappa shape index (κ1) is 17.9. The fraction of sp³-hybridized carbons (Fsp3) is 0.0526. The molecule has 0 atom stereocenters. The Morgan fingerprint density at radius 1 is 1.07 bits per heavy atom. The van der Waals surface area contributed by atoms with Crippen molar-refractivity contribution in [3.8, 4) is 0 Å². The molecule has 0 saturated carbocycles. The molecule has 0 N–H and O–H groups in total. The maximum atomic E-state index is 13.1. The fourth-order valence-electron chi connectivity index (χ4n) is 3.11. The van der Waals surface area contributed by atoms with Crippen molar-refractivity contribution in [1.29, 1.82) is 0 Å². The van der Waals surface area contributed by atoms with Crippen LogP contribution in [0, 0.1) is 0 Å². The van der Waals surface area contributed by atoms with E-state index in [1.54, 1.807) is 48.5 Å². The van der Waals surface area contributed by atoms with Crippen molar-refractivity contribution in [2.75, 3.05) is 9.80 Å². The predicted octanol–water partition coefficient (Wildman–Crippen LogP) is 4.01. The maximum absolute atomic E-state index is 13.1. The number of carbonyl (C=O) groups excluding carboxylic acids is 3. The molecule has 5 nitrogen and oxygen atoms in total. The van der Waals surface area contributed by atoms with Crippen molar-refractivity contribution in [2.45, 2.75) is 6.92 Å². The second-order valence-corrected chi connectivity index (χ2v) is 7.95. The molecule has 134 valence electrons. The summed E-state index contributed by atoms with van der Waals surface area (Å²) < 4.78 is 0.302. The molecule has 2 aromatic carbocycles. The number of benzene rings is 2. The third kappa shape index (κ3) is 2.79. The highest BCUT2D eigenvalue weighted by molar-refractivity contribution is 8.27. The van der Waals surface area contributed by atoms with Crippen LogP contribution in [0.15, 0.2) is 53.4 Å². The molecule has 3 amide bonds. The summed E-state index contributed by atoms with van der Waals surface area (Å²) in [6.45, 7) is 1.31. The molecular formula is C19H11ClN2O3S2. The van der Waals surface area contributed by atoms with Gasteiger partial charge in [0.25, 0.3) is 11.8 Å². The standard InChI is InChI=1S/C19H11ClN2O3S2/c1-10(23)21-14-8-3-2-7-13(14)15(17(21)24)16-18(25)22(19(26)27-16)12-6-4-5-11(20)9-12/h2-9H,1H3/b16-15+. The van der Waals surface area contributed by atoms with E-state index < -0.39 is 17.7 Å². The van der Waals surface area contributed by atoms with Gasteiger partial charge in [-0.1, -0.05) is 59.8 Å². The summed E-state index contributed by atoms with van der Waals surface area (Å²) in [6.07, 6.45) is 0. The van der Waals surface area contributed by atoms with Crippen molar-refractivity contribution in [3.05, 3.63) is 64.0 Å². The van der Waals surface area contributed by atoms with Crippen LogP contribution in [0.25, 0.3) is 5.57 Å². The number of halogens is 1. The number of hydrogen-bond donors (Lipinski definition) is 0. The maximum Gasteiger partial charge on any atom is 0.271 e. The Labute approximate surface area is 169 Å². The highest BCUT2D eigenvalue weighted by atomic mass is 35.5. The molecular weight excluding hydrogens is 404 g/mol. The van der Waals surface area contributed by atoms with Gasteiger partial charge < -0.3 is 0 Å². The zero-order valence-corrected chi connectivity index (χ0v) is 16.3. The summed E-state index contributed by atoms with van der Waals surface area (Å²) >= 11 is 12.4. The lowest BCUT2D eigenvalue weighted by atomic mass is 10.1. The van der Waals surface area contributed by atoms with Crippen LogP contribution in [0.3, 0.4) is 0 Å². The molecule has 0 aliphatic carbocycles. The number of thiocarbonyl (C=S) groups is 1. The number of nitrogens with zero attached hydrogens (tertiary/aromatic N) is 2. The van der Waals surface area contributed by atoms with Crippen LogP contribution in [0.4, 0.5) is 11.4 Å². The van der Waals surface area contributed by atoms with Crippen LogP contribution < -0.4 is 9.80 Å². The van der Waals surface area contributed by atoms with Crippen molar-refractivity contribution in [3.63, 3.8) is 0 Å². The molecule has 0 spiro atoms. The Kier molecular flexibility index (Phi) is 4.38. The van der Waals surface area contributed by atoms with Crippen LogP contribution in [0.2, 0.25) is 5.02 Å². The zero-order chi connectivity index (χ0) is 19.3. The number of fused-ring (bicyclic) bond motifs is 1. The Morgan fingerprint density at radius 3 is 2.52 bits per heavy atom. The summed E-state index contributed by atoms with van der Waals surface area (Å²) in [6, 6.07) is 13.7. The van der Waals surface area contributed by atoms with Crippen LogP contribution in [0.5, 0.6) is 0 Å². The Balaban J connectivity index is 1.87. The first-order valence-electron chi connectivity index (χ1n) is 7.90. The number of amides is 3. The van der Waals surface area contributed by atoms with Gasteiger partial charge in [0.1, 0.15) is 0 Å². The molecule has 1 fully saturated rings. The van der Waals surface area contributed by atoms with Crippen LogP contribution in [-0.2, 0) is 14.4 Å². The summed E-state index contributed by atoms with van der Waals surface area (Å²) in [7, 11) is 0. The minimum Gasteiger partial charge on any atom is -0.274 e. The predicted molar refractivity (Wildman–Crippen MR) is 111 cm³/mol. The van der Waals surface area contributed by atoms with E-state index in [0.29, 0.717) is 26.3 Å². The van der Waals surface area contributed by atoms with Gasteiger partial charge in [-0.2, -0.15) is 0 Å². The number of thioether (sulfide) groups is 1. The van der Waals surface area contributed by atoms with Gasteiger partial charge in [0.15, 0.2) is 4.32 Å². The van der Waals surface area contributed by atoms with Gasteiger partial charge in [0.05, 0.1) is 21.9 Å². The van der Waals surface area contributed by atoms with E-state index in [1.807, 2.05) is 0 Å². The largest absolute Gasteiger partial charge is 0.274 e. The first-order valence-corrected chi connectivity index (χ1v) is 9.51. The van der Waals surface area contributed by atoms with Crippen LogP contribution in [-0.4, -0.2) is 22.0 Å². The molecule has 0 radical (unpaired) electrons. The molecule has 2 aliphatic rings. The van der Waals surface area contributed by atoms with Crippen LogP contribution in [0.1, 0.15) is 12.5 Å². The minimum atomic E-state index is -0.518. The van der Waals surface area contributed by atoms with E-state index in [0.717, 1.165) is 16.7 Å². The summed E-state index contributed by atoms with van der Waals surface area (Å²) in [4.78, 5) is 40.7. The van der Waals surface area contributed by atoms with Crippen molar-refractivity contribution in [1.82, 2.24) is 0 Å². The number of anilines is 2. The summed E-state index contributed by atoms with van der Waals surface area (Å²) in [5.74, 6) is -1.33. The zero-order valence-electron chi connectivity index (χ0n) is 13.9. The average molecular weight is 415 g/mol. The number of para-hydroxylation sites is 1. The van der Waals surface area contributed by atoms with Gasteiger partial charge in [0, 0.05) is 17.5 Å². The van der Waals surface area contributed by atoms with Gasteiger partial charge in [-0.25, -0.2) is 4.90 Å². The minimum absolute atomic E-state index is 0.197. The second-order valence-electron chi connectivity index (χ2n) is 5.87. The van der Waals surface area contributed by atoms with E-state index in [4.69, 9.17) is 23.8 Å². The Morgan fingerprint density at radius 2 is 1.81 bits per heavy atom. The molecule has 27 heavy (non-hydrogen) atoms. The molecule has 0 unspecified atom stereocenters. The van der Waals surface area contributed by atoms with Crippen molar-refractivity contribution in [2.24, 2.45) is 0 Å². The SMILES string of the molecule is CC(=O)N1C(=O)/C(=C2/SC(=S)N(c3cccc(Cl)c3)C2=O)c2ccccc21. The smallest absolute Gasteiger partial charge is 0.271 e. The third-order valence-electron chi connectivity index (χ3n) is 4.21. The molecule has 2 aliphatic heterocycles. The highest BCUT2D eigenvalue weighted by Gasteiger charge is 2.43. The topological polar surface area (TPSA) is 57.7 Å². The van der Waals surface area contributed by atoms with E-state index in [1.165, 1.54) is 11.8 Å². The number of hydrogen-bond acceptors (Lipinski definition) is 5. The average Bonchev–Trinajstić information content (AvgIpc) is 3.07. The van der Waals surface area contributed by atoms with Gasteiger partial charge >= 0.3 is 0 Å². The lowest BCUT2D eigenvalue weighted by molar-refractivity contribution is -0.122. The van der Waals surface area contributed by atoms with Crippen molar-refractivity contribution < 1.29 is 14.4 Å². The van der Waals surface area contributed by atoms with Gasteiger partial charge in [-0.05, 0) is 24.3 Å². The number of rotatable bonds is 1. The Bertz CT molecular complexity index is 1080. The monoisotopic (exact) mass is 414 g/mol.